The molecule has 0 amide bonds. The lowest BCUT2D eigenvalue weighted by Crippen LogP contribution is -2.62. The first-order chi connectivity index (χ1) is 20.1. The molecule has 3 heterocycles. The molecule has 0 saturated carbocycles. The molecule has 0 saturated heterocycles. The summed E-state index contributed by atoms with van der Waals surface area (Å²) in [5, 5.41) is 0. The number of furan rings is 1. The predicted octanol–water partition coefficient (Wildman–Crippen LogP) is 7.67. The van der Waals surface area contributed by atoms with Crippen LogP contribution in [0.1, 0.15) is 25.0 Å². The van der Waals surface area contributed by atoms with Gasteiger partial charge in [-0.15, -0.1) is 0 Å². The van der Waals surface area contributed by atoms with Gasteiger partial charge in [0.05, 0.1) is 0 Å². The number of fused-ring (bicyclic) bond motifs is 8. The standard InChI is InChI=1S/C37H27BN2O/c1-37(2)27-19-10-9-18-26(27)35-32(37)34-36(41-35)40(25-16-7-4-8-17-25)31-23-13-22-30-33(31)38(34)28-20-11-12-21-29(28)39(30)24-14-5-3-6-15-24/h3-23H,1-2H3. The third-order valence-corrected chi connectivity index (χ3v) is 9.24. The van der Waals surface area contributed by atoms with Gasteiger partial charge in [0.1, 0.15) is 5.76 Å². The van der Waals surface area contributed by atoms with Crippen LogP contribution in [0.4, 0.5) is 34.3 Å². The summed E-state index contributed by atoms with van der Waals surface area (Å²) in [5.74, 6) is 1.94. The zero-order valence-electron chi connectivity index (χ0n) is 23.0. The third kappa shape index (κ3) is 2.89. The third-order valence-electron chi connectivity index (χ3n) is 9.24. The van der Waals surface area contributed by atoms with Gasteiger partial charge in [0.2, 0.25) is 5.88 Å². The molecule has 0 atom stereocenters. The largest absolute Gasteiger partial charge is 0.440 e. The van der Waals surface area contributed by atoms with Crippen LogP contribution in [-0.2, 0) is 5.41 Å². The topological polar surface area (TPSA) is 19.6 Å². The number of rotatable bonds is 2. The van der Waals surface area contributed by atoms with Crippen molar-refractivity contribution in [2.45, 2.75) is 19.3 Å². The Morgan fingerprint density at radius 2 is 1.15 bits per heavy atom. The van der Waals surface area contributed by atoms with Gasteiger partial charge in [0.15, 0.2) is 0 Å². The maximum Gasteiger partial charge on any atom is 0.256 e. The molecule has 0 unspecified atom stereocenters. The first-order valence-corrected chi connectivity index (χ1v) is 14.3. The maximum absolute atomic E-state index is 7.07. The summed E-state index contributed by atoms with van der Waals surface area (Å²) in [6, 6.07) is 45.8. The van der Waals surface area contributed by atoms with E-state index in [9.17, 15) is 0 Å². The van der Waals surface area contributed by atoms with E-state index in [4.69, 9.17) is 4.42 Å². The fourth-order valence-electron chi connectivity index (χ4n) is 7.58. The molecule has 0 N–H and O–H groups in total. The van der Waals surface area contributed by atoms with Gasteiger partial charge in [0, 0.05) is 45.0 Å². The van der Waals surface area contributed by atoms with Crippen molar-refractivity contribution < 1.29 is 4.42 Å². The molecule has 6 aromatic rings. The van der Waals surface area contributed by atoms with Gasteiger partial charge in [0.25, 0.3) is 6.71 Å². The second kappa shape index (κ2) is 8.05. The van der Waals surface area contributed by atoms with Crippen LogP contribution < -0.4 is 26.2 Å². The predicted molar refractivity (Wildman–Crippen MR) is 170 cm³/mol. The highest BCUT2D eigenvalue weighted by molar-refractivity contribution is 7.00. The van der Waals surface area contributed by atoms with Crippen LogP contribution in [0.2, 0.25) is 0 Å². The van der Waals surface area contributed by atoms with Crippen molar-refractivity contribution >= 4 is 57.4 Å². The Morgan fingerprint density at radius 3 is 1.90 bits per heavy atom. The lowest BCUT2D eigenvalue weighted by atomic mass is 9.33. The molecule has 1 aliphatic carbocycles. The minimum absolute atomic E-state index is 0.0495. The van der Waals surface area contributed by atoms with Gasteiger partial charge in [-0.2, -0.15) is 0 Å². The molecule has 194 valence electrons. The van der Waals surface area contributed by atoms with Crippen molar-refractivity contribution in [2.75, 3.05) is 9.80 Å². The van der Waals surface area contributed by atoms with E-state index in [-0.39, 0.29) is 12.1 Å². The Balaban J connectivity index is 1.42. The summed E-state index contributed by atoms with van der Waals surface area (Å²) in [4.78, 5) is 4.78. The van der Waals surface area contributed by atoms with Crippen molar-refractivity contribution in [3.8, 4) is 11.3 Å². The summed E-state index contributed by atoms with van der Waals surface area (Å²) < 4.78 is 7.07. The van der Waals surface area contributed by atoms with Crippen molar-refractivity contribution in [3.05, 3.63) is 139 Å². The van der Waals surface area contributed by atoms with Crippen LogP contribution in [0.5, 0.6) is 0 Å². The first-order valence-electron chi connectivity index (χ1n) is 14.3. The highest BCUT2D eigenvalue weighted by Crippen LogP contribution is 2.53. The first kappa shape index (κ1) is 22.8. The van der Waals surface area contributed by atoms with Crippen LogP contribution in [0.15, 0.2) is 132 Å². The summed E-state index contributed by atoms with van der Waals surface area (Å²) in [6.45, 7) is 4.76. The molecule has 3 nitrogen and oxygen atoms in total. The Bertz CT molecular complexity index is 1990. The van der Waals surface area contributed by atoms with Crippen LogP contribution in [-0.4, -0.2) is 6.71 Å². The van der Waals surface area contributed by atoms with Gasteiger partial charge >= 0.3 is 0 Å². The number of para-hydroxylation sites is 3. The van der Waals surface area contributed by atoms with E-state index >= 15 is 0 Å². The van der Waals surface area contributed by atoms with Crippen LogP contribution >= 0.6 is 0 Å². The fourth-order valence-corrected chi connectivity index (χ4v) is 7.58. The Morgan fingerprint density at radius 1 is 0.561 bits per heavy atom. The highest BCUT2D eigenvalue weighted by Gasteiger charge is 2.51. The molecule has 0 spiro atoms. The molecule has 3 aliphatic rings. The molecule has 0 radical (unpaired) electrons. The summed E-state index contributed by atoms with van der Waals surface area (Å²) in [5.41, 5.74) is 13.4. The normalized spacial score (nSPS) is 15.1. The molecule has 0 fully saturated rings. The monoisotopic (exact) mass is 526 g/mol. The second-order valence-corrected chi connectivity index (χ2v) is 11.7. The molecule has 2 aliphatic heterocycles. The molecule has 0 bridgehead atoms. The lowest BCUT2D eigenvalue weighted by Gasteiger charge is -2.43. The minimum atomic E-state index is -0.191. The molecule has 4 heteroatoms. The zero-order valence-corrected chi connectivity index (χ0v) is 23.0. The highest BCUT2D eigenvalue weighted by atomic mass is 16.4. The van der Waals surface area contributed by atoms with Crippen LogP contribution in [0.3, 0.4) is 0 Å². The SMILES string of the molecule is CC1(C)c2ccccc2-c2oc3c(c21)B1c2ccccc2N(c2ccccc2)c2cccc(c21)N3c1ccccc1. The number of nitrogens with zero attached hydrogens (tertiary/aromatic N) is 2. The van der Waals surface area contributed by atoms with Gasteiger partial charge in [-0.3, -0.25) is 4.90 Å². The Hall–Kier alpha value is -4.96. The van der Waals surface area contributed by atoms with E-state index in [0.717, 1.165) is 23.0 Å². The maximum atomic E-state index is 7.07. The van der Waals surface area contributed by atoms with Gasteiger partial charge in [-0.05, 0) is 64.4 Å². The van der Waals surface area contributed by atoms with E-state index in [2.05, 4.69) is 151 Å². The smallest absolute Gasteiger partial charge is 0.256 e. The number of anilines is 6. The van der Waals surface area contributed by atoms with Crippen molar-refractivity contribution in [1.29, 1.82) is 0 Å². The number of hydrogen-bond donors (Lipinski definition) is 0. The number of benzene rings is 5. The van der Waals surface area contributed by atoms with E-state index in [1.165, 1.54) is 50.1 Å². The zero-order chi connectivity index (χ0) is 27.3. The average molecular weight is 526 g/mol. The fraction of sp³-hybridized carbons (Fsp3) is 0.0811. The lowest BCUT2D eigenvalue weighted by molar-refractivity contribution is 0.585. The van der Waals surface area contributed by atoms with Gasteiger partial charge in [-0.1, -0.05) is 98.8 Å². The van der Waals surface area contributed by atoms with E-state index in [1.54, 1.807) is 0 Å². The van der Waals surface area contributed by atoms with Gasteiger partial charge < -0.3 is 9.32 Å². The quantitative estimate of drug-likeness (QED) is 0.216. The Labute approximate surface area is 240 Å². The molecule has 1 aromatic heterocycles. The van der Waals surface area contributed by atoms with Crippen molar-refractivity contribution in [1.82, 2.24) is 0 Å². The van der Waals surface area contributed by atoms with E-state index < -0.39 is 0 Å². The minimum Gasteiger partial charge on any atom is -0.440 e. The van der Waals surface area contributed by atoms with Crippen molar-refractivity contribution in [3.63, 3.8) is 0 Å². The summed E-state index contributed by atoms with van der Waals surface area (Å²) in [7, 11) is 0. The van der Waals surface area contributed by atoms with Gasteiger partial charge in [-0.25, -0.2) is 0 Å². The van der Waals surface area contributed by atoms with E-state index in [1.807, 2.05) is 0 Å². The summed E-state index contributed by atoms with van der Waals surface area (Å²) in [6.07, 6.45) is 0. The number of hydrogen-bond acceptors (Lipinski definition) is 3. The summed E-state index contributed by atoms with van der Waals surface area (Å²) >= 11 is 0. The Kier molecular flexibility index (Phi) is 4.48. The molecular weight excluding hydrogens is 499 g/mol. The molecule has 9 rings (SSSR count). The average Bonchev–Trinajstić information content (AvgIpc) is 3.52. The van der Waals surface area contributed by atoms with Crippen LogP contribution in [0.25, 0.3) is 11.3 Å². The molecule has 41 heavy (non-hydrogen) atoms. The van der Waals surface area contributed by atoms with Crippen molar-refractivity contribution in [2.24, 2.45) is 0 Å². The van der Waals surface area contributed by atoms with E-state index in [0.29, 0.717) is 0 Å². The second-order valence-electron chi connectivity index (χ2n) is 11.7. The van der Waals surface area contributed by atoms with Crippen LogP contribution in [0, 0.1) is 0 Å². The molecular formula is C37H27BN2O. The molecule has 5 aromatic carbocycles.